The van der Waals surface area contributed by atoms with Gasteiger partial charge in [0.2, 0.25) is 0 Å². The second kappa shape index (κ2) is 46.4. The molecular formula is C65H112O12. The van der Waals surface area contributed by atoms with Gasteiger partial charge in [-0.25, -0.2) is 4.79 Å². The number of carbonyl (C=O) groups is 5. The van der Waals surface area contributed by atoms with Crippen LogP contribution in [0.25, 0.3) is 0 Å². The van der Waals surface area contributed by atoms with Crippen LogP contribution in [0.1, 0.15) is 278 Å². The predicted octanol–water partition coefficient (Wildman–Crippen LogP) is 15.4. The average molecular weight is 1090 g/mol. The lowest BCUT2D eigenvalue weighted by atomic mass is 9.87. The lowest BCUT2D eigenvalue weighted by Crippen LogP contribution is -2.32. The Kier molecular flexibility index (Phi) is 42.0. The summed E-state index contributed by atoms with van der Waals surface area (Å²) in [4.78, 5) is 62.8. The monoisotopic (exact) mass is 1080 g/mol. The molecule has 0 amide bonds. The maximum Gasteiger partial charge on any atom is 0.330 e. The molecule has 2 rings (SSSR count). The fraction of sp³-hybridized carbons (Fsp3) is 0.831. The van der Waals surface area contributed by atoms with E-state index in [-0.39, 0.29) is 68.3 Å². The SMILES string of the molecule is C=CC(=O)CC(CCCCCCCC(=O)OCC(COC(=O)CCCCCCC/C=C\CCCCCCCC)OC(=O)CCCCCCCC1OC1CC(O)C(CCCCC)OC(=O)C=C)C(O)CC1CC1CCCCC. The molecule has 0 aromatic carbocycles. The first-order chi connectivity index (χ1) is 37.4. The first-order valence-electron chi connectivity index (χ1n) is 31.6. The molecule has 0 spiro atoms. The van der Waals surface area contributed by atoms with E-state index in [0.717, 1.165) is 140 Å². The molecule has 1 aliphatic heterocycles. The van der Waals surface area contributed by atoms with Crippen molar-refractivity contribution in [3.05, 3.63) is 37.5 Å². The number of aliphatic hydroxyl groups excluding tert-OH is 2. The van der Waals surface area contributed by atoms with E-state index in [2.05, 4.69) is 46.1 Å². The molecule has 2 fully saturated rings. The Labute approximate surface area is 468 Å². The molecule has 0 radical (unpaired) electrons. The van der Waals surface area contributed by atoms with E-state index < -0.39 is 36.4 Å². The third-order valence-corrected chi connectivity index (χ3v) is 15.8. The lowest BCUT2D eigenvalue weighted by Gasteiger charge is -2.22. The van der Waals surface area contributed by atoms with Gasteiger partial charge in [0, 0.05) is 38.2 Å². The van der Waals surface area contributed by atoms with E-state index in [4.69, 9.17) is 23.7 Å². The number of esters is 4. The van der Waals surface area contributed by atoms with Crippen molar-refractivity contribution in [1.82, 2.24) is 0 Å². The second-order valence-corrected chi connectivity index (χ2v) is 22.8. The Morgan fingerprint density at radius 2 is 1.01 bits per heavy atom. The predicted molar refractivity (Wildman–Crippen MR) is 309 cm³/mol. The molecule has 0 aromatic rings. The summed E-state index contributed by atoms with van der Waals surface area (Å²) in [6.45, 7) is 13.3. The smallest absolute Gasteiger partial charge is 0.330 e. The molecule has 1 heterocycles. The Morgan fingerprint density at radius 1 is 0.519 bits per heavy atom. The maximum atomic E-state index is 13.0. The fourth-order valence-corrected chi connectivity index (χ4v) is 10.6. The van der Waals surface area contributed by atoms with Gasteiger partial charge in [-0.15, -0.1) is 0 Å². The molecular weight excluding hydrogens is 973 g/mol. The van der Waals surface area contributed by atoms with Crippen molar-refractivity contribution in [2.45, 2.75) is 314 Å². The molecule has 1 saturated heterocycles. The number of aliphatic hydroxyl groups is 2. The molecule has 77 heavy (non-hydrogen) atoms. The van der Waals surface area contributed by atoms with Crippen molar-refractivity contribution >= 4 is 29.7 Å². The highest BCUT2D eigenvalue weighted by Gasteiger charge is 2.41. The average Bonchev–Trinajstić information content (AvgIpc) is 4.36. The zero-order valence-electron chi connectivity index (χ0n) is 49.1. The van der Waals surface area contributed by atoms with Crippen molar-refractivity contribution in [2.24, 2.45) is 17.8 Å². The van der Waals surface area contributed by atoms with Gasteiger partial charge in [0.15, 0.2) is 11.9 Å². The lowest BCUT2D eigenvalue weighted by molar-refractivity contribution is -0.167. The van der Waals surface area contributed by atoms with Crippen LogP contribution in [-0.4, -0.2) is 89.7 Å². The Bertz CT molecular complexity index is 1590. The number of unbranched alkanes of at least 4 members (excludes halogenated alkanes) is 23. The van der Waals surface area contributed by atoms with Gasteiger partial charge in [0.25, 0.3) is 0 Å². The molecule has 444 valence electrons. The molecule has 0 aromatic heterocycles. The van der Waals surface area contributed by atoms with Gasteiger partial charge in [-0.2, -0.15) is 0 Å². The minimum atomic E-state index is -0.890. The first kappa shape index (κ1) is 69.8. The Morgan fingerprint density at radius 3 is 1.60 bits per heavy atom. The molecule has 1 aliphatic carbocycles. The molecule has 9 unspecified atom stereocenters. The number of ketones is 1. The number of hydrogen-bond acceptors (Lipinski definition) is 12. The summed E-state index contributed by atoms with van der Waals surface area (Å²) in [7, 11) is 0. The molecule has 1 saturated carbocycles. The summed E-state index contributed by atoms with van der Waals surface area (Å²) in [6.07, 6.45) is 42.0. The first-order valence-corrected chi connectivity index (χ1v) is 31.6. The summed E-state index contributed by atoms with van der Waals surface area (Å²) in [6, 6.07) is 0. The highest BCUT2D eigenvalue weighted by molar-refractivity contribution is 5.89. The van der Waals surface area contributed by atoms with E-state index >= 15 is 0 Å². The highest BCUT2D eigenvalue weighted by atomic mass is 16.6. The zero-order valence-corrected chi connectivity index (χ0v) is 49.1. The Hall–Kier alpha value is -3.35. The minimum absolute atomic E-state index is 0.0150. The van der Waals surface area contributed by atoms with Gasteiger partial charge in [-0.1, -0.05) is 187 Å². The van der Waals surface area contributed by atoms with Gasteiger partial charge in [-0.3, -0.25) is 19.2 Å². The van der Waals surface area contributed by atoms with Crippen molar-refractivity contribution in [3.8, 4) is 0 Å². The number of allylic oxidation sites excluding steroid dienone is 3. The van der Waals surface area contributed by atoms with Gasteiger partial charge in [0.05, 0.1) is 24.4 Å². The summed E-state index contributed by atoms with van der Waals surface area (Å²) in [5, 5.41) is 21.9. The van der Waals surface area contributed by atoms with Crippen molar-refractivity contribution < 1.29 is 57.9 Å². The molecule has 12 heteroatoms. The summed E-state index contributed by atoms with van der Waals surface area (Å²) >= 11 is 0. The normalized spacial score (nSPS) is 18.7. The summed E-state index contributed by atoms with van der Waals surface area (Å²) in [5.74, 6) is -0.436. The zero-order chi connectivity index (χ0) is 56.1. The largest absolute Gasteiger partial charge is 0.462 e. The number of ether oxygens (including phenoxy) is 5. The van der Waals surface area contributed by atoms with Crippen LogP contribution >= 0.6 is 0 Å². The molecule has 12 nitrogen and oxygen atoms in total. The van der Waals surface area contributed by atoms with Crippen molar-refractivity contribution in [3.63, 3.8) is 0 Å². The van der Waals surface area contributed by atoms with Gasteiger partial charge < -0.3 is 33.9 Å². The molecule has 2 aliphatic rings. The van der Waals surface area contributed by atoms with E-state index in [1.807, 2.05) is 0 Å². The van der Waals surface area contributed by atoms with Crippen LogP contribution in [0, 0.1) is 17.8 Å². The molecule has 9 atom stereocenters. The van der Waals surface area contributed by atoms with Crippen LogP contribution in [0.5, 0.6) is 0 Å². The van der Waals surface area contributed by atoms with E-state index in [9.17, 15) is 34.2 Å². The number of rotatable bonds is 55. The van der Waals surface area contributed by atoms with E-state index in [1.165, 1.54) is 83.1 Å². The third kappa shape index (κ3) is 38.0. The maximum absolute atomic E-state index is 13.0. The van der Waals surface area contributed by atoms with Crippen LogP contribution < -0.4 is 0 Å². The molecule has 2 N–H and O–H groups in total. The van der Waals surface area contributed by atoms with Gasteiger partial charge in [0.1, 0.15) is 19.3 Å². The number of carbonyl (C=O) groups excluding carboxylic acids is 5. The minimum Gasteiger partial charge on any atom is -0.462 e. The van der Waals surface area contributed by atoms with Crippen LogP contribution in [0.4, 0.5) is 0 Å². The van der Waals surface area contributed by atoms with Gasteiger partial charge >= 0.3 is 23.9 Å². The summed E-state index contributed by atoms with van der Waals surface area (Å²) in [5.41, 5.74) is 0. The topological polar surface area (TPSA) is 175 Å². The van der Waals surface area contributed by atoms with E-state index in [1.54, 1.807) is 0 Å². The second-order valence-electron chi connectivity index (χ2n) is 22.8. The van der Waals surface area contributed by atoms with E-state index in [0.29, 0.717) is 38.0 Å². The fourth-order valence-electron chi connectivity index (χ4n) is 10.6. The van der Waals surface area contributed by atoms with Crippen LogP contribution in [0.15, 0.2) is 37.5 Å². The quantitative estimate of drug-likeness (QED) is 0.0147. The molecule has 0 bridgehead atoms. The number of epoxide rings is 1. The summed E-state index contributed by atoms with van der Waals surface area (Å²) < 4.78 is 28.2. The highest BCUT2D eigenvalue weighted by Crippen LogP contribution is 2.46. The van der Waals surface area contributed by atoms with Crippen LogP contribution in [0.2, 0.25) is 0 Å². The third-order valence-electron chi connectivity index (χ3n) is 15.8. The van der Waals surface area contributed by atoms with Crippen LogP contribution in [-0.2, 0) is 47.7 Å². The van der Waals surface area contributed by atoms with Crippen molar-refractivity contribution in [2.75, 3.05) is 13.2 Å². The Balaban J connectivity index is 1.72. The van der Waals surface area contributed by atoms with Gasteiger partial charge in [-0.05, 0) is 107 Å². The number of hydrogen-bond donors (Lipinski definition) is 2. The van der Waals surface area contributed by atoms with Crippen LogP contribution in [0.3, 0.4) is 0 Å². The van der Waals surface area contributed by atoms with Crippen molar-refractivity contribution in [1.29, 1.82) is 0 Å². The standard InChI is InChI=1S/C65H112O12/c1-6-11-14-15-16-17-18-19-20-21-22-23-24-29-36-43-63(70)73-50-56(75-65(72)45-38-31-26-28-35-42-60-61(76-60)49-58(68)59(41-33-13-8-3)77-62(69)10-5)51-74-64(71)44-37-30-25-27-34-40-53(47-55(66)9-4)57(67)48-54-46-52(54)39-32-12-7-2/h9-10,19-20,52-54,56-61,67-68H,4-8,11-18,21-51H2,1-3H3/b20-19-.